The Hall–Kier alpha value is -2.53. The molecule has 0 radical (unpaired) electrons. The fourth-order valence-corrected chi connectivity index (χ4v) is 2.57. The zero-order valence-corrected chi connectivity index (χ0v) is 12.4. The lowest BCUT2D eigenvalue weighted by molar-refractivity contribution is 0.212. The Kier molecular flexibility index (Phi) is 3.50. The van der Waals surface area contributed by atoms with Gasteiger partial charge in [-0.1, -0.05) is 12.2 Å². The maximum Gasteiger partial charge on any atom is 0.336 e. The van der Waals surface area contributed by atoms with Crippen LogP contribution in [0.2, 0.25) is 0 Å². The summed E-state index contributed by atoms with van der Waals surface area (Å²) in [7, 11) is 1.49. The quantitative estimate of drug-likeness (QED) is 0.592. The molecule has 1 unspecified atom stereocenters. The lowest BCUT2D eigenvalue weighted by Gasteiger charge is -2.14. The topological polar surface area (TPSA) is 72.8 Å². The van der Waals surface area contributed by atoms with Gasteiger partial charge in [0.25, 0.3) is 0 Å². The third kappa shape index (κ3) is 2.19. The minimum absolute atomic E-state index is 0.321. The second-order valence-electron chi connectivity index (χ2n) is 5.24. The van der Waals surface area contributed by atoms with Crippen LogP contribution < -0.4 is 10.4 Å². The second-order valence-corrected chi connectivity index (χ2v) is 5.24. The first kappa shape index (κ1) is 14.4. The average molecular weight is 300 g/mol. The van der Waals surface area contributed by atoms with Crippen LogP contribution in [0.25, 0.3) is 21.9 Å². The van der Waals surface area contributed by atoms with Crippen LogP contribution >= 0.6 is 0 Å². The summed E-state index contributed by atoms with van der Waals surface area (Å²) in [4.78, 5) is 11.6. The lowest BCUT2D eigenvalue weighted by atomic mass is 9.96. The van der Waals surface area contributed by atoms with Crippen molar-refractivity contribution in [2.45, 2.75) is 19.4 Å². The normalized spacial score (nSPS) is 12.7. The van der Waals surface area contributed by atoms with E-state index in [0.29, 0.717) is 34.3 Å². The molecule has 0 saturated carbocycles. The van der Waals surface area contributed by atoms with Gasteiger partial charge in [-0.05, 0) is 24.6 Å². The number of fused-ring (bicyclic) bond motifs is 2. The fraction of sp³-hybridized carbons (Fsp3) is 0.235. The molecule has 0 aliphatic heterocycles. The Bertz CT molecular complexity index is 916. The van der Waals surface area contributed by atoms with Gasteiger partial charge in [0.1, 0.15) is 0 Å². The highest BCUT2D eigenvalue weighted by atomic mass is 16.5. The molecule has 0 amide bonds. The van der Waals surface area contributed by atoms with E-state index in [0.717, 1.165) is 10.9 Å². The summed E-state index contributed by atoms with van der Waals surface area (Å²) < 4.78 is 16.1. The van der Waals surface area contributed by atoms with Gasteiger partial charge < -0.3 is 18.7 Å². The predicted molar refractivity (Wildman–Crippen MR) is 83.3 cm³/mol. The third-order valence-electron chi connectivity index (χ3n) is 3.73. The first-order chi connectivity index (χ1) is 10.5. The number of methoxy groups -OCH3 is 1. The number of rotatable bonds is 4. The molecule has 5 heteroatoms. The highest BCUT2D eigenvalue weighted by Gasteiger charge is 2.21. The summed E-state index contributed by atoms with van der Waals surface area (Å²) in [6.45, 7) is 5.54. The predicted octanol–water partition coefficient (Wildman–Crippen LogP) is 3.03. The van der Waals surface area contributed by atoms with Crippen molar-refractivity contribution in [3.05, 3.63) is 52.6 Å². The van der Waals surface area contributed by atoms with E-state index >= 15 is 0 Å². The van der Waals surface area contributed by atoms with E-state index in [2.05, 4.69) is 6.58 Å². The van der Waals surface area contributed by atoms with Crippen molar-refractivity contribution in [3.63, 3.8) is 0 Å². The largest absolute Gasteiger partial charge is 0.490 e. The number of hydrogen-bond acceptors (Lipinski definition) is 5. The molecule has 0 aliphatic carbocycles. The van der Waals surface area contributed by atoms with Gasteiger partial charge in [0.15, 0.2) is 11.2 Å². The molecule has 0 bridgehead atoms. The molecule has 1 aromatic carbocycles. The van der Waals surface area contributed by atoms with Crippen LogP contribution in [0.5, 0.6) is 5.75 Å². The average Bonchev–Trinajstić information content (AvgIpc) is 2.95. The van der Waals surface area contributed by atoms with Gasteiger partial charge in [-0.2, -0.15) is 0 Å². The van der Waals surface area contributed by atoms with Crippen LogP contribution in [0, 0.1) is 0 Å². The van der Waals surface area contributed by atoms with Gasteiger partial charge in [-0.25, -0.2) is 4.79 Å². The fourth-order valence-electron chi connectivity index (χ4n) is 2.57. The van der Waals surface area contributed by atoms with E-state index in [1.165, 1.54) is 13.2 Å². The molecule has 0 fully saturated rings. The van der Waals surface area contributed by atoms with Crippen molar-refractivity contribution in [3.8, 4) is 5.75 Å². The molecular formula is C17H16O5. The number of ether oxygens (including phenoxy) is 1. The van der Waals surface area contributed by atoms with E-state index in [1.54, 1.807) is 19.3 Å². The SMILES string of the molecule is C=C(C)C(O)Cc1c2ccoc2c(OC)c2oc(=O)ccc12. The summed E-state index contributed by atoms with van der Waals surface area (Å²) >= 11 is 0. The van der Waals surface area contributed by atoms with Crippen molar-refractivity contribution in [2.75, 3.05) is 7.11 Å². The molecule has 114 valence electrons. The van der Waals surface area contributed by atoms with Gasteiger partial charge in [0.05, 0.1) is 19.5 Å². The van der Waals surface area contributed by atoms with Crippen molar-refractivity contribution >= 4 is 21.9 Å². The van der Waals surface area contributed by atoms with Crippen molar-refractivity contribution in [2.24, 2.45) is 0 Å². The first-order valence-corrected chi connectivity index (χ1v) is 6.86. The highest BCUT2D eigenvalue weighted by Crippen LogP contribution is 2.38. The minimum atomic E-state index is -0.693. The van der Waals surface area contributed by atoms with Crippen LogP contribution in [0.1, 0.15) is 12.5 Å². The first-order valence-electron chi connectivity index (χ1n) is 6.86. The summed E-state index contributed by atoms with van der Waals surface area (Å²) in [6.07, 6.45) is 1.20. The molecule has 2 heterocycles. The second kappa shape index (κ2) is 5.35. The Morgan fingerprint density at radius 1 is 1.32 bits per heavy atom. The molecule has 1 N–H and O–H groups in total. The molecule has 5 nitrogen and oxygen atoms in total. The van der Waals surface area contributed by atoms with Crippen LogP contribution in [0.4, 0.5) is 0 Å². The lowest BCUT2D eigenvalue weighted by Crippen LogP contribution is -2.12. The Balaban J connectivity index is 2.39. The van der Waals surface area contributed by atoms with Gasteiger partial charge >= 0.3 is 5.63 Å². The Morgan fingerprint density at radius 2 is 2.05 bits per heavy atom. The van der Waals surface area contributed by atoms with Crippen molar-refractivity contribution in [1.29, 1.82) is 0 Å². The van der Waals surface area contributed by atoms with Crippen molar-refractivity contribution < 1.29 is 18.7 Å². The van der Waals surface area contributed by atoms with Crippen LogP contribution in [0.15, 0.2) is 50.2 Å². The maximum absolute atomic E-state index is 11.6. The van der Waals surface area contributed by atoms with E-state index < -0.39 is 11.7 Å². The van der Waals surface area contributed by atoms with Gasteiger partial charge in [-0.15, -0.1) is 0 Å². The molecule has 0 saturated heterocycles. The van der Waals surface area contributed by atoms with Gasteiger partial charge in [0, 0.05) is 23.3 Å². The smallest absolute Gasteiger partial charge is 0.336 e. The molecule has 3 aromatic rings. The summed E-state index contributed by atoms with van der Waals surface area (Å²) in [5.41, 5.74) is 1.84. The molecule has 3 rings (SSSR count). The van der Waals surface area contributed by atoms with E-state index in [9.17, 15) is 9.90 Å². The zero-order valence-electron chi connectivity index (χ0n) is 12.4. The molecule has 0 spiro atoms. The Morgan fingerprint density at radius 3 is 2.73 bits per heavy atom. The molecule has 2 aromatic heterocycles. The third-order valence-corrected chi connectivity index (χ3v) is 3.73. The molecule has 0 aliphatic rings. The number of aliphatic hydroxyl groups excluding tert-OH is 1. The van der Waals surface area contributed by atoms with Gasteiger partial charge in [0.2, 0.25) is 5.75 Å². The summed E-state index contributed by atoms with van der Waals surface area (Å²) in [6, 6.07) is 4.84. The number of furan rings is 1. The highest BCUT2D eigenvalue weighted by molar-refractivity contribution is 6.03. The minimum Gasteiger partial charge on any atom is -0.490 e. The monoisotopic (exact) mass is 300 g/mol. The van der Waals surface area contributed by atoms with Gasteiger partial charge in [-0.3, -0.25) is 0 Å². The number of benzene rings is 1. The molecular weight excluding hydrogens is 284 g/mol. The zero-order chi connectivity index (χ0) is 15.9. The van der Waals surface area contributed by atoms with Crippen LogP contribution in [-0.2, 0) is 6.42 Å². The van der Waals surface area contributed by atoms with E-state index in [-0.39, 0.29) is 0 Å². The summed E-state index contributed by atoms with van der Waals surface area (Å²) in [5, 5.41) is 11.7. The number of hydrogen-bond donors (Lipinski definition) is 1. The van der Waals surface area contributed by atoms with Crippen LogP contribution in [-0.4, -0.2) is 18.3 Å². The molecule has 22 heavy (non-hydrogen) atoms. The molecule has 1 atom stereocenters. The van der Waals surface area contributed by atoms with Crippen molar-refractivity contribution in [1.82, 2.24) is 0 Å². The van der Waals surface area contributed by atoms with E-state index in [4.69, 9.17) is 13.6 Å². The Labute approximate surface area is 126 Å². The summed E-state index contributed by atoms with van der Waals surface area (Å²) in [5.74, 6) is 0.376. The van der Waals surface area contributed by atoms with E-state index in [1.807, 2.05) is 6.07 Å². The standard InChI is InChI=1S/C17H16O5/c1-9(2)13(18)8-12-10-4-5-14(19)22-16(10)17(20-3)15-11(12)6-7-21-15/h4-7,13,18H,1,8H2,2-3H3. The number of aliphatic hydroxyl groups is 1. The maximum atomic E-state index is 11.6. The van der Waals surface area contributed by atoms with Crippen LogP contribution in [0.3, 0.4) is 0 Å².